The molecule has 0 atom stereocenters. The van der Waals surface area contributed by atoms with Crippen LogP contribution in [0.5, 0.6) is 0 Å². The van der Waals surface area contributed by atoms with E-state index in [1.165, 1.54) is 6.20 Å². The van der Waals surface area contributed by atoms with Crippen molar-refractivity contribution in [1.82, 2.24) is 15.0 Å². The molecule has 2 rings (SSSR count). The third kappa shape index (κ3) is 4.70. The van der Waals surface area contributed by atoms with E-state index in [4.69, 9.17) is 0 Å². The molecule has 0 aliphatic heterocycles. The molecule has 0 saturated carbocycles. The minimum atomic E-state index is -3.48. The molecule has 0 saturated heterocycles. The van der Waals surface area contributed by atoms with Crippen LogP contribution in [0.1, 0.15) is 24.6 Å². The Bertz CT molecular complexity index is 651. The van der Waals surface area contributed by atoms with Crippen LogP contribution in [0.25, 0.3) is 0 Å². The van der Waals surface area contributed by atoms with Gasteiger partial charge in [0, 0.05) is 25.0 Å². The number of aromatic amines is 1. The van der Waals surface area contributed by atoms with Crippen LogP contribution in [0.2, 0.25) is 0 Å². The number of H-pyrrole nitrogens is 1. The summed E-state index contributed by atoms with van der Waals surface area (Å²) in [5.74, 6) is 0. The highest BCUT2D eigenvalue weighted by Crippen LogP contribution is 2.11. The second kappa shape index (κ2) is 7.40. The lowest BCUT2D eigenvalue weighted by Gasteiger charge is -2.04. The summed E-state index contributed by atoms with van der Waals surface area (Å²) in [5, 5.41) is 3.23. The van der Waals surface area contributed by atoms with Crippen LogP contribution in [0.3, 0.4) is 0 Å². The zero-order valence-corrected chi connectivity index (χ0v) is 12.9. The molecule has 0 radical (unpaired) electrons. The van der Waals surface area contributed by atoms with Crippen molar-refractivity contribution >= 4 is 10.0 Å². The lowest BCUT2D eigenvalue weighted by atomic mass is 10.2. The van der Waals surface area contributed by atoms with Crippen molar-refractivity contribution in [3.05, 3.63) is 53.9 Å². The van der Waals surface area contributed by atoms with Crippen molar-refractivity contribution in [2.75, 3.05) is 6.54 Å². The summed E-state index contributed by atoms with van der Waals surface area (Å²) < 4.78 is 27.0. The highest BCUT2D eigenvalue weighted by molar-refractivity contribution is 7.89. The Morgan fingerprint density at radius 1 is 1.14 bits per heavy atom. The molecule has 0 unspecified atom stereocenters. The first kappa shape index (κ1) is 15.8. The minimum Gasteiger partial charge on any atom is -0.363 e. The maximum absolute atomic E-state index is 12.2. The Morgan fingerprint density at radius 2 is 1.90 bits per heavy atom. The third-order valence-electron chi connectivity index (χ3n) is 3.08. The number of benzene rings is 1. The number of hydrogen-bond donors (Lipinski definition) is 3. The van der Waals surface area contributed by atoms with E-state index < -0.39 is 10.0 Å². The van der Waals surface area contributed by atoms with E-state index in [0.29, 0.717) is 6.54 Å². The van der Waals surface area contributed by atoms with E-state index in [1.54, 1.807) is 6.07 Å². The van der Waals surface area contributed by atoms with E-state index in [0.717, 1.165) is 24.2 Å². The zero-order chi connectivity index (χ0) is 15.1. The topological polar surface area (TPSA) is 74.0 Å². The van der Waals surface area contributed by atoms with Crippen molar-refractivity contribution in [3.8, 4) is 0 Å². The summed E-state index contributed by atoms with van der Waals surface area (Å²) in [4.78, 5) is 3.26. The summed E-state index contributed by atoms with van der Waals surface area (Å²) in [5.41, 5.74) is 1.80. The van der Waals surface area contributed by atoms with Gasteiger partial charge in [0.25, 0.3) is 0 Å². The smallest absolute Gasteiger partial charge is 0.242 e. The molecule has 0 aliphatic carbocycles. The fourth-order valence-electron chi connectivity index (χ4n) is 1.93. The Hall–Kier alpha value is -1.63. The fraction of sp³-hybridized carbons (Fsp3) is 0.333. The van der Waals surface area contributed by atoms with Gasteiger partial charge in [-0.25, -0.2) is 13.1 Å². The largest absolute Gasteiger partial charge is 0.363 e. The standard InChI is InChI=1S/C15H21N3O2S/c1-2-8-16-11-14-9-15(12-17-14)21(19,20)18-10-13-6-4-3-5-7-13/h3-7,9,12,16-18H,2,8,10-11H2,1H3. The van der Waals surface area contributed by atoms with E-state index in [1.807, 2.05) is 30.3 Å². The van der Waals surface area contributed by atoms with Gasteiger partial charge in [-0.2, -0.15) is 0 Å². The number of aromatic nitrogens is 1. The molecule has 1 heterocycles. The summed E-state index contributed by atoms with van der Waals surface area (Å²) in [6, 6.07) is 11.1. The predicted molar refractivity (Wildman–Crippen MR) is 83.3 cm³/mol. The lowest BCUT2D eigenvalue weighted by molar-refractivity contribution is 0.581. The van der Waals surface area contributed by atoms with Gasteiger partial charge in [0.15, 0.2) is 0 Å². The molecule has 0 spiro atoms. The molecular formula is C15H21N3O2S. The average Bonchev–Trinajstić information content (AvgIpc) is 2.96. The summed E-state index contributed by atoms with van der Waals surface area (Å²) >= 11 is 0. The van der Waals surface area contributed by atoms with E-state index in [9.17, 15) is 8.42 Å². The quantitative estimate of drug-likeness (QED) is 0.653. The first-order chi connectivity index (χ1) is 10.1. The molecule has 114 valence electrons. The first-order valence-electron chi connectivity index (χ1n) is 7.03. The van der Waals surface area contributed by atoms with Crippen LogP contribution >= 0.6 is 0 Å². The summed E-state index contributed by atoms with van der Waals surface area (Å²) in [7, 11) is -3.48. The molecule has 0 bridgehead atoms. The highest BCUT2D eigenvalue weighted by Gasteiger charge is 2.15. The van der Waals surface area contributed by atoms with Crippen LogP contribution in [-0.4, -0.2) is 19.9 Å². The number of nitrogens with one attached hydrogen (secondary N) is 3. The Balaban J connectivity index is 1.96. The molecule has 1 aromatic carbocycles. The second-order valence-corrected chi connectivity index (χ2v) is 6.61. The fourth-order valence-corrected chi connectivity index (χ4v) is 2.97. The van der Waals surface area contributed by atoms with Gasteiger partial charge in [0.2, 0.25) is 10.0 Å². The minimum absolute atomic E-state index is 0.270. The van der Waals surface area contributed by atoms with Crippen molar-refractivity contribution < 1.29 is 8.42 Å². The molecule has 0 aliphatic rings. The van der Waals surface area contributed by atoms with Gasteiger partial charge < -0.3 is 10.3 Å². The van der Waals surface area contributed by atoms with Crippen LogP contribution < -0.4 is 10.0 Å². The molecule has 3 N–H and O–H groups in total. The molecule has 0 fully saturated rings. The Morgan fingerprint density at radius 3 is 2.62 bits per heavy atom. The van der Waals surface area contributed by atoms with E-state index in [2.05, 4.69) is 21.9 Å². The maximum Gasteiger partial charge on any atom is 0.242 e. The predicted octanol–water partition coefficient (Wildman–Crippen LogP) is 1.99. The number of sulfonamides is 1. The molecule has 6 heteroatoms. The monoisotopic (exact) mass is 307 g/mol. The summed E-state index contributed by atoms with van der Waals surface area (Å²) in [6.07, 6.45) is 2.57. The lowest BCUT2D eigenvalue weighted by Crippen LogP contribution is -2.22. The van der Waals surface area contributed by atoms with Crippen molar-refractivity contribution in [2.45, 2.75) is 31.3 Å². The van der Waals surface area contributed by atoms with Gasteiger partial charge in [-0.05, 0) is 24.6 Å². The second-order valence-electron chi connectivity index (χ2n) is 4.85. The van der Waals surface area contributed by atoms with Gasteiger partial charge >= 0.3 is 0 Å². The van der Waals surface area contributed by atoms with Gasteiger partial charge in [-0.15, -0.1) is 0 Å². The van der Waals surface area contributed by atoms with Crippen LogP contribution in [-0.2, 0) is 23.1 Å². The van der Waals surface area contributed by atoms with Gasteiger partial charge in [-0.3, -0.25) is 0 Å². The molecule has 2 aromatic rings. The highest BCUT2D eigenvalue weighted by atomic mass is 32.2. The molecule has 21 heavy (non-hydrogen) atoms. The Kier molecular flexibility index (Phi) is 5.55. The van der Waals surface area contributed by atoms with E-state index in [-0.39, 0.29) is 11.4 Å². The normalized spacial score (nSPS) is 11.7. The maximum atomic E-state index is 12.2. The van der Waals surface area contributed by atoms with Crippen molar-refractivity contribution in [2.24, 2.45) is 0 Å². The SMILES string of the molecule is CCCNCc1cc(S(=O)(=O)NCc2ccccc2)c[nH]1. The summed E-state index contributed by atoms with van der Waals surface area (Å²) in [6.45, 7) is 3.93. The van der Waals surface area contributed by atoms with Gasteiger partial charge in [-0.1, -0.05) is 37.3 Å². The molecule has 1 aromatic heterocycles. The van der Waals surface area contributed by atoms with Crippen LogP contribution in [0.4, 0.5) is 0 Å². The first-order valence-corrected chi connectivity index (χ1v) is 8.52. The van der Waals surface area contributed by atoms with E-state index >= 15 is 0 Å². The average molecular weight is 307 g/mol. The van der Waals surface area contributed by atoms with Gasteiger partial charge in [0.1, 0.15) is 0 Å². The van der Waals surface area contributed by atoms with Crippen molar-refractivity contribution in [1.29, 1.82) is 0 Å². The van der Waals surface area contributed by atoms with Gasteiger partial charge in [0.05, 0.1) is 4.90 Å². The van der Waals surface area contributed by atoms with Crippen LogP contribution in [0.15, 0.2) is 47.5 Å². The molecule has 0 amide bonds. The Labute approximate surface area is 125 Å². The molecular weight excluding hydrogens is 286 g/mol. The van der Waals surface area contributed by atoms with Crippen molar-refractivity contribution in [3.63, 3.8) is 0 Å². The molecule has 5 nitrogen and oxygen atoms in total. The van der Waals surface area contributed by atoms with Crippen LogP contribution in [0, 0.1) is 0 Å². The third-order valence-corrected chi connectivity index (χ3v) is 4.46. The number of hydrogen-bond acceptors (Lipinski definition) is 3. The number of rotatable bonds is 8. The zero-order valence-electron chi connectivity index (χ0n) is 12.1.